The normalized spacial score (nSPS) is 17.7. The third kappa shape index (κ3) is 4.49. The Bertz CT molecular complexity index is 1000. The van der Waals surface area contributed by atoms with Crippen molar-refractivity contribution in [3.63, 3.8) is 0 Å². The molecule has 0 saturated carbocycles. The monoisotopic (exact) mass is 403 g/mol. The summed E-state index contributed by atoms with van der Waals surface area (Å²) >= 11 is 0. The molecule has 30 heavy (non-hydrogen) atoms. The Morgan fingerprint density at radius 2 is 2.00 bits per heavy atom. The van der Waals surface area contributed by atoms with Crippen molar-refractivity contribution in [3.8, 4) is 11.8 Å². The van der Waals surface area contributed by atoms with Crippen LogP contribution < -0.4 is 15.0 Å². The van der Waals surface area contributed by atoms with E-state index in [9.17, 15) is 10.1 Å². The van der Waals surface area contributed by atoms with E-state index in [0.29, 0.717) is 18.2 Å². The summed E-state index contributed by atoms with van der Waals surface area (Å²) in [4.78, 5) is 14.9. The number of nitriles is 1. The zero-order valence-electron chi connectivity index (χ0n) is 18.3. The Kier molecular flexibility index (Phi) is 6.17. The molecule has 0 aliphatic carbocycles. The fourth-order valence-electron chi connectivity index (χ4n) is 4.00. The zero-order chi connectivity index (χ0) is 21.9. The summed E-state index contributed by atoms with van der Waals surface area (Å²) in [5.74, 6) is 0.719. The maximum absolute atomic E-state index is 12.6. The van der Waals surface area contributed by atoms with Gasteiger partial charge >= 0.3 is 0 Å². The first kappa shape index (κ1) is 21.4. The standard InChI is InChI=1S/C25H29N3O2/c1-6-30-21-10-8-20(9-11-21)27-24(29)19(16-26)13-18-7-12-23-22(14-18)17(2)15-25(3,4)28(23)5/h7-14,17H,6,15H2,1-5H3,(H,27,29)/b19-13-/t17-/m0/s1. The molecule has 2 aromatic rings. The van der Waals surface area contributed by atoms with Crippen molar-refractivity contribution in [2.45, 2.75) is 45.6 Å². The predicted molar refractivity (Wildman–Crippen MR) is 122 cm³/mol. The van der Waals surface area contributed by atoms with Crippen LogP contribution in [-0.4, -0.2) is 25.1 Å². The summed E-state index contributed by atoms with van der Waals surface area (Å²) in [6.07, 6.45) is 2.70. The van der Waals surface area contributed by atoms with Crippen LogP contribution in [0, 0.1) is 11.3 Å². The van der Waals surface area contributed by atoms with Crippen LogP contribution >= 0.6 is 0 Å². The minimum Gasteiger partial charge on any atom is -0.494 e. The van der Waals surface area contributed by atoms with Crippen LogP contribution in [0.3, 0.4) is 0 Å². The Balaban J connectivity index is 1.81. The Morgan fingerprint density at radius 3 is 2.63 bits per heavy atom. The summed E-state index contributed by atoms with van der Waals surface area (Å²) < 4.78 is 5.41. The fraction of sp³-hybridized carbons (Fsp3) is 0.360. The lowest BCUT2D eigenvalue weighted by Crippen LogP contribution is -2.45. The van der Waals surface area contributed by atoms with Crippen LogP contribution in [0.1, 0.15) is 51.2 Å². The number of nitrogens with one attached hydrogen (secondary N) is 1. The smallest absolute Gasteiger partial charge is 0.266 e. The molecule has 0 unspecified atom stereocenters. The molecule has 1 atom stereocenters. The number of benzene rings is 2. The summed E-state index contributed by atoms with van der Waals surface area (Å²) in [6, 6.07) is 15.3. The van der Waals surface area contributed by atoms with E-state index in [2.05, 4.69) is 50.2 Å². The molecule has 0 radical (unpaired) electrons. The number of ether oxygens (including phenoxy) is 1. The quantitative estimate of drug-likeness (QED) is 0.540. The number of carbonyl (C=O) groups excluding carboxylic acids is 1. The molecule has 1 aliphatic rings. The molecule has 0 spiro atoms. The Labute approximate surface area is 179 Å². The van der Waals surface area contributed by atoms with E-state index in [-0.39, 0.29) is 11.1 Å². The van der Waals surface area contributed by atoms with E-state index >= 15 is 0 Å². The second-order valence-electron chi connectivity index (χ2n) is 8.38. The third-order valence-corrected chi connectivity index (χ3v) is 5.76. The highest BCUT2D eigenvalue weighted by molar-refractivity contribution is 6.09. The highest BCUT2D eigenvalue weighted by Gasteiger charge is 2.33. The van der Waals surface area contributed by atoms with Gasteiger partial charge in [0.1, 0.15) is 17.4 Å². The number of hydrogen-bond donors (Lipinski definition) is 1. The van der Waals surface area contributed by atoms with Gasteiger partial charge < -0.3 is 15.0 Å². The van der Waals surface area contributed by atoms with Crippen LogP contribution in [0.5, 0.6) is 5.75 Å². The van der Waals surface area contributed by atoms with Gasteiger partial charge in [0.15, 0.2) is 0 Å². The van der Waals surface area contributed by atoms with Gasteiger partial charge in [-0.1, -0.05) is 13.0 Å². The summed E-state index contributed by atoms with van der Waals surface area (Å²) in [5, 5.41) is 12.3. The first-order valence-corrected chi connectivity index (χ1v) is 10.3. The van der Waals surface area contributed by atoms with Crippen LogP contribution in [0.4, 0.5) is 11.4 Å². The molecule has 1 amide bonds. The first-order valence-electron chi connectivity index (χ1n) is 10.3. The van der Waals surface area contributed by atoms with Crippen molar-refractivity contribution in [1.29, 1.82) is 5.26 Å². The number of anilines is 2. The molecule has 2 aromatic carbocycles. The number of rotatable bonds is 5. The zero-order valence-corrected chi connectivity index (χ0v) is 18.3. The summed E-state index contributed by atoms with van der Waals surface area (Å²) in [6.45, 7) is 9.23. The van der Waals surface area contributed by atoms with Gasteiger partial charge in [0.2, 0.25) is 0 Å². The van der Waals surface area contributed by atoms with E-state index < -0.39 is 5.91 Å². The predicted octanol–water partition coefficient (Wildman–Crippen LogP) is 5.35. The second kappa shape index (κ2) is 8.62. The van der Waals surface area contributed by atoms with E-state index in [4.69, 9.17) is 4.74 Å². The van der Waals surface area contributed by atoms with Gasteiger partial charge in [-0.25, -0.2) is 0 Å². The molecule has 1 N–H and O–H groups in total. The maximum Gasteiger partial charge on any atom is 0.266 e. The van der Waals surface area contributed by atoms with Crippen molar-refractivity contribution >= 4 is 23.4 Å². The van der Waals surface area contributed by atoms with E-state index in [1.807, 2.05) is 19.1 Å². The van der Waals surface area contributed by atoms with Crippen LogP contribution in [0.15, 0.2) is 48.0 Å². The number of hydrogen-bond acceptors (Lipinski definition) is 4. The molecule has 0 aromatic heterocycles. The highest BCUT2D eigenvalue weighted by atomic mass is 16.5. The van der Waals surface area contributed by atoms with Gasteiger partial charge in [-0.05, 0) is 86.7 Å². The lowest BCUT2D eigenvalue weighted by atomic mass is 9.80. The van der Waals surface area contributed by atoms with Gasteiger partial charge in [0.05, 0.1) is 6.61 Å². The SMILES string of the molecule is CCOc1ccc(NC(=O)/C(C#N)=C\c2ccc3c(c2)[C@@H](C)CC(C)(C)N3C)cc1. The highest BCUT2D eigenvalue weighted by Crippen LogP contribution is 2.42. The van der Waals surface area contributed by atoms with Crippen molar-refractivity contribution in [2.75, 3.05) is 23.9 Å². The maximum atomic E-state index is 12.6. The average Bonchev–Trinajstić information content (AvgIpc) is 2.71. The second-order valence-corrected chi connectivity index (χ2v) is 8.38. The van der Waals surface area contributed by atoms with E-state index in [1.165, 1.54) is 11.3 Å². The van der Waals surface area contributed by atoms with Crippen molar-refractivity contribution < 1.29 is 9.53 Å². The summed E-state index contributed by atoms with van der Waals surface area (Å²) in [7, 11) is 2.12. The molecule has 3 rings (SSSR count). The molecule has 0 bridgehead atoms. The topological polar surface area (TPSA) is 65.4 Å². The van der Waals surface area contributed by atoms with Gasteiger partial charge in [-0.2, -0.15) is 5.26 Å². The third-order valence-electron chi connectivity index (χ3n) is 5.76. The van der Waals surface area contributed by atoms with E-state index in [1.54, 1.807) is 30.3 Å². The lowest BCUT2D eigenvalue weighted by Gasteiger charge is -2.45. The largest absolute Gasteiger partial charge is 0.494 e. The van der Waals surface area contributed by atoms with Crippen molar-refractivity contribution in [2.24, 2.45) is 0 Å². The molecule has 1 aliphatic heterocycles. The molecular formula is C25H29N3O2. The lowest BCUT2D eigenvalue weighted by molar-refractivity contribution is -0.112. The van der Waals surface area contributed by atoms with Crippen LogP contribution in [0.25, 0.3) is 6.08 Å². The molecule has 5 heteroatoms. The Morgan fingerprint density at radius 1 is 1.30 bits per heavy atom. The van der Waals surface area contributed by atoms with Gasteiger partial charge in [0, 0.05) is 24.0 Å². The molecule has 0 saturated heterocycles. The first-order chi connectivity index (χ1) is 14.2. The molecule has 0 fully saturated rings. The number of nitrogens with zero attached hydrogens (tertiary/aromatic N) is 2. The van der Waals surface area contributed by atoms with Gasteiger partial charge in [-0.3, -0.25) is 4.79 Å². The minimum absolute atomic E-state index is 0.0704. The minimum atomic E-state index is -0.425. The molecule has 5 nitrogen and oxygen atoms in total. The number of fused-ring (bicyclic) bond motifs is 1. The van der Waals surface area contributed by atoms with E-state index in [0.717, 1.165) is 17.7 Å². The fourth-order valence-corrected chi connectivity index (χ4v) is 4.00. The van der Waals surface area contributed by atoms with Crippen LogP contribution in [0.2, 0.25) is 0 Å². The molecule has 156 valence electrons. The number of carbonyl (C=O) groups is 1. The van der Waals surface area contributed by atoms with Gasteiger partial charge in [-0.15, -0.1) is 0 Å². The van der Waals surface area contributed by atoms with Crippen molar-refractivity contribution in [1.82, 2.24) is 0 Å². The summed E-state index contributed by atoms with van der Waals surface area (Å²) in [5.41, 5.74) is 4.09. The average molecular weight is 404 g/mol. The molecular weight excluding hydrogens is 374 g/mol. The number of amides is 1. The van der Waals surface area contributed by atoms with Crippen molar-refractivity contribution in [3.05, 3.63) is 59.2 Å². The van der Waals surface area contributed by atoms with Gasteiger partial charge in [0.25, 0.3) is 5.91 Å². The Hall–Kier alpha value is -3.26. The van der Waals surface area contributed by atoms with Crippen LogP contribution in [-0.2, 0) is 4.79 Å². The molecule has 1 heterocycles.